The highest BCUT2D eigenvalue weighted by Crippen LogP contribution is 2.35. The van der Waals surface area contributed by atoms with Gasteiger partial charge >= 0.3 is 0 Å². The van der Waals surface area contributed by atoms with Gasteiger partial charge in [0.25, 0.3) is 0 Å². The van der Waals surface area contributed by atoms with E-state index in [1.165, 1.54) is 10.5 Å². The van der Waals surface area contributed by atoms with E-state index in [1.807, 2.05) is 24.3 Å². The zero-order valence-electron chi connectivity index (χ0n) is 9.61. The van der Waals surface area contributed by atoms with Crippen molar-refractivity contribution in [1.29, 1.82) is 0 Å². The summed E-state index contributed by atoms with van der Waals surface area (Å²) in [5.74, 6) is 0. The Kier molecular flexibility index (Phi) is 4.11. The minimum Gasteiger partial charge on any atom is -0.326 e. The average molecular weight is 264 g/mol. The molecule has 0 radical (unpaired) electrons. The molecule has 2 aromatic rings. The summed E-state index contributed by atoms with van der Waals surface area (Å²) in [5, 5.41) is 0.780. The molecule has 2 N–H and O–H groups in total. The molecule has 2 aromatic carbocycles. The van der Waals surface area contributed by atoms with E-state index in [1.54, 1.807) is 11.8 Å². The molecule has 1 nitrogen and oxygen atoms in total. The fourth-order valence-electron chi connectivity index (χ4n) is 1.57. The van der Waals surface area contributed by atoms with Crippen LogP contribution in [0.15, 0.2) is 52.3 Å². The largest absolute Gasteiger partial charge is 0.326 e. The highest BCUT2D eigenvalue weighted by molar-refractivity contribution is 7.99. The molecule has 0 fully saturated rings. The van der Waals surface area contributed by atoms with Gasteiger partial charge in [0.1, 0.15) is 0 Å². The SMILES string of the molecule is Cc1ccc(CN)c(Sc2ccccc2Cl)c1. The van der Waals surface area contributed by atoms with Crippen LogP contribution in [-0.4, -0.2) is 0 Å². The smallest absolute Gasteiger partial charge is 0.0545 e. The second-order valence-electron chi connectivity index (χ2n) is 3.85. The van der Waals surface area contributed by atoms with Crippen molar-refractivity contribution < 1.29 is 0 Å². The third kappa shape index (κ3) is 3.03. The Balaban J connectivity index is 2.35. The Morgan fingerprint density at radius 3 is 2.59 bits per heavy atom. The van der Waals surface area contributed by atoms with Crippen LogP contribution in [0.5, 0.6) is 0 Å². The van der Waals surface area contributed by atoms with Crippen LogP contribution in [0, 0.1) is 6.92 Å². The van der Waals surface area contributed by atoms with Crippen molar-refractivity contribution >= 4 is 23.4 Å². The molecule has 3 heteroatoms. The quantitative estimate of drug-likeness (QED) is 0.896. The van der Waals surface area contributed by atoms with Gasteiger partial charge in [-0.3, -0.25) is 0 Å². The molecule has 0 atom stereocenters. The molecule has 2 rings (SSSR count). The molecule has 88 valence electrons. The Labute approximate surface area is 111 Å². The van der Waals surface area contributed by atoms with Gasteiger partial charge < -0.3 is 5.73 Å². The van der Waals surface area contributed by atoms with Crippen molar-refractivity contribution in [3.05, 3.63) is 58.6 Å². The highest BCUT2D eigenvalue weighted by Gasteiger charge is 2.06. The number of benzene rings is 2. The van der Waals surface area contributed by atoms with Gasteiger partial charge in [0.05, 0.1) is 5.02 Å². The molecule has 0 spiro atoms. The maximum atomic E-state index is 6.16. The zero-order chi connectivity index (χ0) is 12.3. The van der Waals surface area contributed by atoms with Crippen LogP contribution in [0.4, 0.5) is 0 Å². The Morgan fingerprint density at radius 2 is 1.88 bits per heavy atom. The van der Waals surface area contributed by atoms with Crippen molar-refractivity contribution in [2.45, 2.75) is 23.3 Å². The predicted octanol–water partition coefficient (Wildman–Crippen LogP) is 4.26. The predicted molar refractivity (Wildman–Crippen MR) is 74.6 cm³/mol. The number of rotatable bonds is 3. The van der Waals surface area contributed by atoms with E-state index in [0.29, 0.717) is 6.54 Å². The van der Waals surface area contributed by atoms with Gasteiger partial charge in [-0.15, -0.1) is 0 Å². The molecule has 0 aliphatic rings. The lowest BCUT2D eigenvalue weighted by Gasteiger charge is -2.09. The van der Waals surface area contributed by atoms with E-state index >= 15 is 0 Å². The second-order valence-corrected chi connectivity index (χ2v) is 5.34. The maximum absolute atomic E-state index is 6.16. The molecular weight excluding hydrogens is 250 g/mol. The van der Waals surface area contributed by atoms with E-state index in [4.69, 9.17) is 17.3 Å². The summed E-state index contributed by atoms with van der Waals surface area (Å²) in [7, 11) is 0. The minimum atomic E-state index is 0.549. The van der Waals surface area contributed by atoms with Crippen LogP contribution >= 0.6 is 23.4 Å². The summed E-state index contributed by atoms with van der Waals surface area (Å²) in [6.07, 6.45) is 0. The van der Waals surface area contributed by atoms with Gasteiger partial charge in [0.2, 0.25) is 0 Å². The van der Waals surface area contributed by atoms with Crippen LogP contribution in [0.2, 0.25) is 5.02 Å². The number of halogens is 1. The van der Waals surface area contributed by atoms with Crippen molar-refractivity contribution in [3.63, 3.8) is 0 Å². The topological polar surface area (TPSA) is 26.0 Å². The van der Waals surface area contributed by atoms with E-state index < -0.39 is 0 Å². The fourth-order valence-corrected chi connectivity index (χ4v) is 2.90. The van der Waals surface area contributed by atoms with Crippen LogP contribution in [0.25, 0.3) is 0 Å². The average Bonchev–Trinajstić information content (AvgIpc) is 2.32. The van der Waals surface area contributed by atoms with Gasteiger partial charge in [-0.1, -0.05) is 47.6 Å². The van der Waals surface area contributed by atoms with Gasteiger partial charge in [0, 0.05) is 16.3 Å². The normalized spacial score (nSPS) is 10.5. The van der Waals surface area contributed by atoms with E-state index in [-0.39, 0.29) is 0 Å². The standard InChI is InChI=1S/C14H14ClNS/c1-10-6-7-11(9-16)14(8-10)17-13-5-3-2-4-12(13)15/h2-8H,9,16H2,1H3. The monoisotopic (exact) mass is 263 g/mol. The van der Waals surface area contributed by atoms with Crippen molar-refractivity contribution in [3.8, 4) is 0 Å². The number of hydrogen-bond donors (Lipinski definition) is 1. The van der Waals surface area contributed by atoms with Gasteiger partial charge in [-0.25, -0.2) is 0 Å². The first kappa shape index (κ1) is 12.5. The summed E-state index contributed by atoms with van der Waals surface area (Å²) in [5.41, 5.74) is 8.13. The number of aryl methyl sites for hydroxylation is 1. The first-order valence-corrected chi connectivity index (χ1v) is 6.62. The fraction of sp³-hybridized carbons (Fsp3) is 0.143. The lowest BCUT2D eigenvalue weighted by atomic mass is 10.1. The molecule has 0 aliphatic heterocycles. The summed E-state index contributed by atoms with van der Waals surface area (Å²) in [6.45, 7) is 2.63. The van der Waals surface area contributed by atoms with E-state index in [9.17, 15) is 0 Å². The van der Waals surface area contributed by atoms with Crippen LogP contribution < -0.4 is 5.73 Å². The molecular formula is C14H14ClNS. The number of hydrogen-bond acceptors (Lipinski definition) is 2. The lowest BCUT2D eigenvalue weighted by Crippen LogP contribution is -1.98. The third-order valence-electron chi connectivity index (χ3n) is 2.50. The highest BCUT2D eigenvalue weighted by atomic mass is 35.5. The lowest BCUT2D eigenvalue weighted by molar-refractivity contribution is 1.02. The molecule has 0 saturated carbocycles. The molecule has 0 aromatic heterocycles. The second kappa shape index (κ2) is 5.58. The Hall–Kier alpha value is -0.960. The van der Waals surface area contributed by atoms with Crippen molar-refractivity contribution in [1.82, 2.24) is 0 Å². The van der Waals surface area contributed by atoms with E-state index in [0.717, 1.165) is 15.5 Å². The summed E-state index contributed by atoms with van der Waals surface area (Å²) < 4.78 is 0. The molecule has 0 heterocycles. The van der Waals surface area contributed by atoms with Crippen LogP contribution in [0.1, 0.15) is 11.1 Å². The molecule has 0 amide bonds. The van der Waals surface area contributed by atoms with Gasteiger partial charge in [-0.05, 0) is 36.2 Å². The minimum absolute atomic E-state index is 0.549. The van der Waals surface area contributed by atoms with Crippen molar-refractivity contribution in [2.24, 2.45) is 5.73 Å². The molecule has 0 saturated heterocycles. The first-order valence-electron chi connectivity index (χ1n) is 5.42. The maximum Gasteiger partial charge on any atom is 0.0545 e. The summed E-state index contributed by atoms with van der Waals surface area (Å²) >= 11 is 7.83. The molecule has 0 aliphatic carbocycles. The summed E-state index contributed by atoms with van der Waals surface area (Å²) in [4.78, 5) is 2.25. The van der Waals surface area contributed by atoms with Gasteiger partial charge in [-0.2, -0.15) is 0 Å². The van der Waals surface area contributed by atoms with Crippen LogP contribution in [0.3, 0.4) is 0 Å². The van der Waals surface area contributed by atoms with Gasteiger partial charge in [0.15, 0.2) is 0 Å². The van der Waals surface area contributed by atoms with Crippen LogP contribution in [-0.2, 0) is 6.54 Å². The summed E-state index contributed by atoms with van der Waals surface area (Å²) in [6, 6.07) is 14.2. The van der Waals surface area contributed by atoms with E-state index in [2.05, 4.69) is 25.1 Å². The first-order chi connectivity index (χ1) is 8.20. The Morgan fingerprint density at radius 1 is 1.12 bits per heavy atom. The zero-order valence-corrected chi connectivity index (χ0v) is 11.2. The Bertz CT molecular complexity index is 525. The third-order valence-corrected chi connectivity index (χ3v) is 4.12. The molecule has 0 bridgehead atoms. The molecule has 17 heavy (non-hydrogen) atoms. The van der Waals surface area contributed by atoms with Crippen molar-refractivity contribution in [2.75, 3.05) is 0 Å². The number of nitrogens with two attached hydrogens (primary N) is 1. The molecule has 0 unspecified atom stereocenters.